The van der Waals surface area contributed by atoms with Crippen molar-refractivity contribution in [1.82, 2.24) is 30.2 Å². The van der Waals surface area contributed by atoms with Crippen LogP contribution in [0.3, 0.4) is 0 Å². The number of alkyl carbamates (subject to hydrolysis) is 1. The van der Waals surface area contributed by atoms with Crippen LogP contribution in [0, 0.1) is 5.92 Å². The van der Waals surface area contributed by atoms with E-state index in [9.17, 15) is 41.2 Å². The third-order valence-electron chi connectivity index (χ3n) is 8.62. The topological polar surface area (TPSA) is 197 Å². The first-order chi connectivity index (χ1) is 24.7. The molecule has 3 unspecified atom stereocenters. The maximum atomic E-state index is 14.6. The molecule has 276 valence electrons. The number of nitrogens with zero attached hydrogens (tertiary/aromatic N) is 2. The van der Waals surface area contributed by atoms with Gasteiger partial charge in [-0.2, -0.15) is 8.78 Å². The summed E-state index contributed by atoms with van der Waals surface area (Å²) < 4.78 is 60.5. The molecule has 2 aliphatic rings. The molecule has 1 aliphatic heterocycles. The van der Waals surface area contributed by atoms with Crippen molar-refractivity contribution in [2.75, 3.05) is 19.7 Å². The number of amides is 4. The Balaban J connectivity index is 1.12. The average Bonchev–Trinajstić information content (AvgIpc) is 3.88. The Hall–Kier alpha value is -5.45. The molecule has 5 rings (SSSR count). The summed E-state index contributed by atoms with van der Waals surface area (Å²) in [5.74, 6) is -6.59. The van der Waals surface area contributed by atoms with Gasteiger partial charge in [-0.25, -0.2) is 18.2 Å². The van der Waals surface area contributed by atoms with Crippen molar-refractivity contribution in [2.45, 2.75) is 55.9 Å². The lowest BCUT2D eigenvalue weighted by Gasteiger charge is -2.28. The second-order valence-corrected chi connectivity index (χ2v) is 14.6. The van der Waals surface area contributed by atoms with Crippen LogP contribution in [0.15, 0.2) is 72.1 Å². The van der Waals surface area contributed by atoms with Crippen molar-refractivity contribution in [3.05, 3.63) is 83.2 Å². The second-order valence-electron chi connectivity index (χ2n) is 12.6. The Bertz CT molecular complexity index is 2070. The molecule has 17 heteroatoms. The van der Waals surface area contributed by atoms with Gasteiger partial charge in [0.2, 0.25) is 21.8 Å². The van der Waals surface area contributed by atoms with Gasteiger partial charge in [-0.3, -0.25) is 23.9 Å². The lowest BCUT2D eigenvalue weighted by atomic mass is 10.0. The molecule has 2 heterocycles. The van der Waals surface area contributed by atoms with Gasteiger partial charge in [0, 0.05) is 18.0 Å². The zero-order valence-corrected chi connectivity index (χ0v) is 29.0. The molecule has 1 aliphatic carbocycles. The number of ether oxygens (including phenoxy) is 1. The standard InChI is InChI=1S/C35H38F2N6O8S/c1-3-21(2)29(33(47)42-52(49,50)24-13-14-24)41-31(45)27-12-7-17-43(27)28(44)19-38-34(48)51-20-35(36,37)16-15-22-8-6-9-23(18-22)30-32(46)40-26-11-5-4-10-25(26)39-30/h3-6,8-11,15-16,18,21,24,27,29H,1,7,12-14,17,19-20H2,2H3,(H,38,48)(H,40,46)(H,41,45)(H,42,47)/b16-15+. The number of rotatable bonds is 14. The average molecular weight is 741 g/mol. The van der Waals surface area contributed by atoms with Crippen molar-refractivity contribution >= 4 is 50.9 Å². The Morgan fingerprint density at radius 2 is 1.88 bits per heavy atom. The normalized spacial score (nSPS) is 17.4. The molecule has 4 amide bonds. The number of fused-ring (bicyclic) bond motifs is 1. The van der Waals surface area contributed by atoms with Gasteiger partial charge in [0.1, 0.15) is 24.3 Å². The molecule has 0 bridgehead atoms. The van der Waals surface area contributed by atoms with Gasteiger partial charge in [0.25, 0.3) is 17.4 Å². The maximum absolute atomic E-state index is 14.6. The second kappa shape index (κ2) is 15.8. The zero-order chi connectivity index (χ0) is 37.6. The van der Waals surface area contributed by atoms with Gasteiger partial charge in [-0.1, -0.05) is 49.4 Å². The molecule has 2 aromatic carbocycles. The minimum absolute atomic E-state index is 0.117. The first-order valence-electron chi connectivity index (χ1n) is 16.5. The number of aromatic nitrogens is 2. The third-order valence-corrected chi connectivity index (χ3v) is 10.5. The number of para-hydroxylation sites is 2. The quantitative estimate of drug-likeness (QED) is 0.180. The van der Waals surface area contributed by atoms with Gasteiger partial charge in [0.15, 0.2) is 6.61 Å². The third kappa shape index (κ3) is 9.45. The highest BCUT2D eigenvalue weighted by Crippen LogP contribution is 2.28. The van der Waals surface area contributed by atoms with E-state index >= 15 is 0 Å². The summed E-state index contributed by atoms with van der Waals surface area (Å²) >= 11 is 0. The Kier molecular flexibility index (Phi) is 11.5. The highest BCUT2D eigenvalue weighted by molar-refractivity contribution is 7.90. The van der Waals surface area contributed by atoms with Crippen molar-refractivity contribution in [3.63, 3.8) is 0 Å². The number of sulfonamides is 1. The van der Waals surface area contributed by atoms with Gasteiger partial charge < -0.3 is 25.3 Å². The molecule has 14 nitrogen and oxygen atoms in total. The summed E-state index contributed by atoms with van der Waals surface area (Å²) in [6.45, 7) is 3.33. The first-order valence-corrected chi connectivity index (χ1v) is 18.1. The number of nitrogens with one attached hydrogen (secondary N) is 4. The number of alkyl halides is 2. The minimum Gasteiger partial charge on any atom is -0.443 e. The molecule has 1 aromatic heterocycles. The van der Waals surface area contributed by atoms with E-state index in [2.05, 4.69) is 31.9 Å². The van der Waals surface area contributed by atoms with Gasteiger partial charge >= 0.3 is 6.09 Å². The van der Waals surface area contributed by atoms with E-state index in [1.165, 1.54) is 17.0 Å². The van der Waals surface area contributed by atoms with Crippen LogP contribution in [0.4, 0.5) is 13.6 Å². The Labute approximate surface area is 297 Å². The van der Waals surface area contributed by atoms with Crippen molar-refractivity contribution < 1.29 is 41.1 Å². The van der Waals surface area contributed by atoms with E-state index in [1.54, 1.807) is 49.4 Å². The number of aromatic amines is 1. The summed E-state index contributed by atoms with van der Waals surface area (Å²) in [5.41, 5.74) is 1.53. The van der Waals surface area contributed by atoms with Crippen LogP contribution in [-0.4, -0.2) is 90.1 Å². The monoisotopic (exact) mass is 740 g/mol. The van der Waals surface area contributed by atoms with E-state index in [4.69, 9.17) is 0 Å². The molecule has 1 saturated carbocycles. The smallest absolute Gasteiger partial charge is 0.407 e. The summed E-state index contributed by atoms with van der Waals surface area (Å²) in [4.78, 5) is 72.1. The van der Waals surface area contributed by atoms with Crippen LogP contribution in [0.2, 0.25) is 0 Å². The molecule has 2 fully saturated rings. The van der Waals surface area contributed by atoms with Crippen LogP contribution in [-0.2, 0) is 29.1 Å². The van der Waals surface area contributed by atoms with Crippen LogP contribution in [0.5, 0.6) is 0 Å². The van der Waals surface area contributed by atoms with E-state index < -0.39 is 81.7 Å². The molecule has 0 spiro atoms. The molecule has 1 saturated heterocycles. The highest BCUT2D eigenvalue weighted by Gasteiger charge is 2.40. The van der Waals surface area contributed by atoms with E-state index in [1.807, 2.05) is 4.72 Å². The van der Waals surface area contributed by atoms with Gasteiger partial charge in [0.05, 0.1) is 16.3 Å². The number of carbonyl (C=O) groups excluding carboxylic acids is 4. The maximum Gasteiger partial charge on any atom is 0.407 e. The molecule has 52 heavy (non-hydrogen) atoms. The number of carbonyl (C=O) groups is 4. The summed E-state index contributed by atoms with van der Waals surface area (Å²) in [5, 5.41) is 3.97. The van der Waals surface area contributed by atoms with Crippen LogP contribution < -0.4 is 20.9 Å². The predicted molar refractivity (Wildman–Crippen MR) is 187 cm³/mol. The number of likely N-dealkylation sites (tertiary alicyclic amines) is 1. The molecular weight excluding hydrogens is 702 g/mol. The molecule has 0 radical (unpaired) electrons. The number of benzene rings is 2. The number of hydrogen-bond acceptors (Lipinski definition) is 9. The molecule has 4 N–H and O–H groups in total. The summed E-state index contributed by atoms with van der Waals surface area (Å²) in [6, 6.07) is 10.9. The Morgan fingerprint density at radius 3 is 2.62 bits per heavy atom. The fourth-order valence-electron chi connectivity index (χ4n) is 5.57. The summed E-state index contributed by atoms with van der Waals surface area (Å²) in [6.07, 6.45) is 3.26. The molecule has 3 atom stereocenters. The number of hydrogen-bond donors (Lipinski definition) is 4. The number of H-pyrrole nitrogens is 1. The fourth-order valence-corrected chi connectivity index (χ4v) is 6.90. The molecular formula is C35H38F2N6O8S. The van der Waals surface area contributed by atoms with Crippen LogP contribution in [0.25, 0.3) is 28.4 Å². The number of halogens is 2. The van der Waals surface area contributed by atoms with E-state index in [0.29, 0.717) is 47.5 Å². The van der Waals surface area contributed by atoms with Crippen molar-refractivity contribution in [3.8, 4) is 11.3 Å². The summed E-state index contributed by atoms with van der Waals surface area (Å²) in [7, 11) is -3.88. The van der Waals surface area contributed by atoms with E-state index in [-0.39, 0.29) is 18.7 Å². The zero-order valence-electron chi connectivity index (χ0n) is 28.1. The minimum atomic E-state index is -3.88. The van der Waals surface area contributed by atoms with E-state index in [0.717, 1.165) is 6.08 Å². The predicted octanol–water partition coefficient (Wildman–Crippen LogP) is 2.87. The molecule has 3 aromatic rings. The largest absolute Gasteiger partial charge is 0.443 e. The first kappa shape index (κ1) is 37.8. The fraction of sp³-hybridized carbons (Fsp3) is 0.371. The lowest BCUT2D eigenvalue weighted by molar-refractivity contribution is -0.139. The SMILES string of the molecule is C=CC(C)C(NC(=O)C1CCCN1C(=O)CNC(=O)OCC(F)(F)/C=C/c1cccc(-c2nc3ccccc3[nH]c2=O)c1)C(=O)NS(=O)(=O)C1CC1. The van der Waals surface area contributed by atoms with Crippen molar-refractivity contribution in [2.24, 2.45) is 5.92 Å². The van der Waals surface area contributed by atoms with Gasteiger partial charge in [-0.15, -0.1) is 6.58 Å². The Morgan fingerprint density at radius 1 is 1.13 bits per heavy atom. The van der Waals surface area contributed by atoms with Crippen molar-refractivity contribution in [1.29, 1.82) is 0 Å². The van der Waals surface area contributed by atoms with Crippen LogP contribution >= 0.6 is 0 Å². The highest BCUT2D eigenvalue weighted by atomic mass is 32.2. The lowest BCUT2D eigenvalue weighted by Crippen LogP contribution is -2.56. The van der Waals surface area contributed by atoms with Gasteiger partial charge in [-0.05, 0) is 55.5 Å². The van der Waals surface area contributed by atoms with Crippen LogP contribution in [0.1, 0.15) is 38.2 Å².